The molecule has 2 aromatic rings. The number of rotatable bonds is 2. The van der Waals surface area contributed by atoms with E-state index in [1.165, 1.54) is 28.8 Å². The molecule has 2 nitrogen and oxygen atoms in total. The molecular weight excluding hydrogens is 385 g/mol. The SMILES string of the molecule is O=C1/C(=C\c2ccc(Br)cc2)SC(=S)N1c1ccc(F)cc1. The van der Waals surface area contributed by atoms with Gasteiger partial charge in [0.15, 0.2) is 4.32 Å². The number of hydrogen-bond donors (Lipinski definition) is 0. The van der Waals surface area contributed by atoms with Crippen molar-refractivity contribution in [1.29, 1.82) is 0 Å². The van der Waals surface area contributed by atoms with Gasteiger partial charge in [0.2, 0.25) is 0 Å². The molecule has 1 amide bonds. The average molecular weight is 394 g/mol. The van der Waals surface area contributed by atoms with E-state index in [0.717, 1.165) is 10.0 Å². The van der Waals surface area contributed by atoms with Crippen LogP contribution in [0.3, 0.4) is 0 Å². The van der Waals surface area contributed by atoms with Crippen LogP contribution in [-0.4, -0.2) is 10.2 Å². The summed E-state index contributed by atoms with van der Waals surface area (Å²) in [7, 11) is 0. The minimum Gasteiger partial charge on any atom is -0.268 e. The van der Waals surface area contributed by atoms with Crippen LogP contribution < -0.4 is 4.90 Å². The van der Waals surface area contributed by atoms with Gasteiger partial charge in [-0.15, -0.1) is 0 Å². The van der Waals surface area contributed by atoms with E-state index in [0.29, 0.717) is 14.9 Å². The van der Waals surface area contributed by atoms with E-state index in [-0.39, 0.29) is 11.7 Å². The maximum absolute atomic E-state index is 13.0. The highest BCUT2D eigenvalue weighted by molar-refractivity contribution is 9.10. The highest BCUT2D eigenvalue weighted by Gasteiger charge is 2.33. The maximum atomic E-state index is 13.0. The van der Waals surface area contributed by atoms with Gasteiger partial charge in [-0.3, -0.25) is 9.69 Å². The lowest BCUT2D eigenvalue weighted by Crippen LogP contribution is -2.27. The van der Waals surface area contributed by atoms with Crippen molar-refractivity contribution in [3.63, 3.8) is 0 Å². The summed E-state index contributed by atoms with van der Waals surface area (Å²) in [6.07, 6.45) is 1.80. The molecule has 0 unspecified atom stereocenters. The Kier molecular flexibility index (Phi) is 4.42. The first-order chi connectivity index (χ1) is 10.5. The largest absolute Gasteiger partial charge is 0.270 e. The number of carbonyl (C=O) groups is 1. The molecule has 1 saturated heterocycles. The fourth-order valence-corrected chi connectivity index (χ4v) is 3.55. The first kappa shape index (κ1) is 15.4. The molecule has 0 atom stereocenters. The smallest absolute Gasteiger partial charge is 0.268 e. The number of hydrogen-bond acceptors (Lipinski definition) is 3. The summed E-state index contributed by atoms with van der Waals surface area (Å²) in [5.74, 6) is -0.538. The molecule has 6 heteroatoms. The van der Waals surface area contributed by atoms with Crippen LogP contribution in [0, 0.1) is 5.82 Å². The molecule has 0 spiro atoms. The van der Waals surface area contributed by atoms with Gasteiger partial charge >= 0.3 is 0 Å². The lowest BCUT2D eigenvalue weighted by Gasteiger charge is -2.14. The zero-order chi connectivity index (χ0) is 15.7. The Hall–Kier alpha value is -1.50. The third-order valence-electron chi connectivity index (χ3n) is 3.05. The van der Waals surface area contributed by atoms with E-state index in [1.807, 2.05) is 24.3 Å². The number of thioether (sulfide) groups is 1. The van der Waals surface area contributed by atoms with E-state index in [9.17, 15) is 9.18 Å². The monoisotopic (exact) mass is 393 g/mol. The second-order valence-electron chi connectivity index (χ2n) is 4.55. The van der Waals surface area contributed by atoms with E-state index in [1.54, 1.807) is 18.2 Å². The Labute approximate surface area is 145 Å². The van der Waals surface area contributed by atoms with Crippen molar-refractivity contribution in [2.75, 3.05) is 4.90 Å². The third-order valence-corrected chi connectivity index (χ3v) is 4.88. The number of halogens is 2. The molecule has 0 saturated carbocycles. The van der Waals surface area contributed by atoms with Gasteiger partial charge < -0.3 is 0 Å². The number of amides is 1. The molecule has 1 heterocycles. The average Bonchev–Trinajstić information content (AvgIpc) is 2.77. The molecule has 0 aromatic heterocycles. The molecule has 1 fully saturated rings. The predicted molar refractivity (Wildman–Crippen MR) is 96.2 cm³/mol. The molecular formula is C16H9BrFNOS2. The molecule has 3 rings (SSSR count). The normalized spacial score (nSPS) is 16.6. The summed E-state index contributed by atoms with van der Waals surface area (Å²) in [6, 6.07) is 13.4. The highest BCUT2D eigenvalue weighted by Crippen LogP contribution is 2.36. The summed E-state index contributed by atoms with van der Waals surface area (Å²) in [4.78, 5) is 14.5. The summed E-state index contributed by atoms with van der Waals surface area (Å²) < 4.78 is 14.4. The van der Waals surface area contributed by atoms with Crippen LogP contribution in [0.4, 0.5) is 10.1 Å². The van der Waals surface area contributed by atoms with E-state index in [2.05, 4.69) is 15.9 Å². The van der Waals surface area contributed by atoms with Crippen molar-refractivity contribution in [3.05, 3.63) is 69.3 Å². The minimum absolute atomic E-state index is 0.190. The van der Waals surface area contributed by atoms with Gasteiger partial charge in [0.1, 0.15) is 5.82 Å². The van der Waals surface area contributed by atoms with Crippen molar-refractivity contribution in [1.82, 2.24) is 0 Å². The summed E-state index contributed by atoms with van der Waals surface area (Å²) >= 11 is 9.89. The summed E-state index contributed by atoms with van der Waals surface area (Å²) in [5, 5.41) is 0. The van der Waals surface area contributed by atoms with E-state index < -0.39 is 0 Å². The van der Waals surface area contributed by atoms with Gasteiger partial charge in [0, 0.05) is 4.47 Å². The molecule has 0 aliphatic carbocycles. The fraction of sp³-hybridized carbons (Fsp3) is 0. The summed E-state index contributed by atoms with van der Waals surface area (Å²) in [5.41, 5.74) is 1.49. The number of benzene rings is 2. The molecule has 0 radical (unpaired) electrons. The second-order valence-corrected chi connectivity index (χ2v) is 7.14. The Balaban J connectivity index is 1.91. The first-order valence-corrected chi connectivity index (χ1v) is 8.35. The zero-order valence-corrected chi connectivity index (χ0v) is 14.3. The molecule has 1 aliphatic rings. The molecule has 22 heavy (non-hydrogen) atoms. The third kappa shape index (κ3) is 3.14. The highest BCUT2D eigenvalue weighted by atomic mass is 79.9. The lowest BCUT2D eigenvalue weighted by molar-refractivity contribution is -0.113. The van der Waals surface area contributed by atoms with E-state index in [4.69, 9.17) is 12.2 Å². The second kappa shape index (κ2) is 6.32. The standard InChI is InChI=1S/C16H9BrFNOS2/c17-11-3-1-10(2-4-11)9-14-15(20)19(16(21)22-14)13-7-5-12(18)6-8-13/h1-9H/b14-9+. The van der Waals surface area contributed by atoms with Crippen molar-refractivity contribution < 1.29 is 9.18 Å². The van der Waals surface area contributed by atoms with Gasteiger partial charge in [-0.2, -0.15) is 0 Å². The number of nitrogens with zero attached hydrogens (tertiary/aromatic N) is 1. The number of carbonyl (C=O) groups excluding carboxylic acids is 1. The van der Waals surface area contributed by atoms with Crippen molar-refractivity contribution in [3.8, 4) is 0 Å². The first-order valence-electron chi connectivity index (χ1n) is 6.34. The molecule has 1 aliphatic heterocycles. The van der Waals surface area contributed by atoms with Crippen LogP contribution in [-0.2, 0) is 4.79 Å². The minimum atomic E-state index is -0.348. The molecule has 110 valence electrons. The summed E-state index contributed by atoms with van der Waals surface area (Å²) in [6.45, 7) is 0. The molecule has 0 N–H and O–H groups in total. The number of thiocarbonyl (C=S) groups is 1. The van der Waals surface area contributed by atoms with Crippen molar-refractivity contribution >= 4 is 61.9 Å². The van der Waals surface area contributed by atoms with Crippen LogP contribution in [0.1, 0.15) is 5.56 Å². The van der Waals surface area contributed by atoms with Crippen LogP contribution in [0.25, 0.3) is 6.08 Å². The van der Waals surface area contributed by atoms with Crippen molar-refractivity contribution in [2.24, 2.45) is 0 Å². The van der Waals surface area contributed by atoms with Crippen LogP contribution in [0.5, 0.6) is 0 Å². The molecule has 2 aromatic carbocycles. The van der Waals surface area contributed by atoms with Gasteiger partial charge in [0.25, 0.3) is 5.91 Å². The predicted octanol–water partition coefficient (Wildman–Crippen LogP) is 4.99. The van der Waals surface area contributed by atoms with Gasteiger partial charge in [-0.25, -0.2) is 4.39 Å². The Bertz CT molecular complexity index is 772. The van der Waals surface area contributed by atoms with Gasteiger partial charge in [-0.1, -0.05) is 52.0 Å². The van der Waals surface area contributed by atoms with Crippen LogP contribution in [0.15, 0.2) is 57.9 Å². The van der Waals surface area contributed by atoms with Gasteiger partial charge in [-0.05, 0) is 48.0 Å². The molecule has 0 bridgehead atoms. The van der Waals surface area contributed by atoms with Crippen LogP contribution >= 0.6 is 39.9 Å². The van der Waals surface area contributed by atoms with Crippen LogP contribution in [0.2, 0.25) is 0 Å². The lowest BCUT2D eigenvalue weighted by atomic mass is 10.2. The van der Waals surface area contributed by atoms with E-state index >= 15 is 0 Å². The fourth-order valence-electron chi connectivity index (χ4n) is 1.99. The van der Waals surface area contributed by atoms with Crippen molar-refractivity contribution in [2.45, 2.75) is 0 Å². The quantitative estimate of drug-likeness (QED) is 0.529. The Morgan fingerprint density at radius 3 is 2.36 bits per heavy atom. The zero-order valence-electron chi connectivity index (χ0n) is 11.1. The van der Waals surface area contributed by atoms with Gasteiger partial charge in [0.05, 0.1) is 10.6 Å². The number of anilines is 1. The topological polar surface area (TPSA) is 20.3 Å². The maximum Gasteiger partial charge on any atom is 0.270 e. The Morgan fingerprint density at radius 2 is 1.73 bits per heavy atom. The Morgan fingerprint density at radius 1 is 1.09 bits per heavy atom.